The molecule has 0 bridgehead atoms. The zero-order chi connectivity index (χ0) is 25.8. The molecule has 194 valence electrons. The van der Waals surface area contributed by atoms with Crippen molar-refractivity contribution < 1.29 is 17.9 Å². The van der Waals surface area contributed by atoms with Crippen molar-refractivity contribution in [3.63, 3.8) is 0 Å². The molecule has 0 amide bonds. The molecule has 36 heavy (non-hydrogen) atoms. The number of rotatable bonds is 14. The number of benzene rings is 2. The normalized spacial score (nSPS) is 11.4. The molecule has 2 N–H and O–H groups in total. The minimum Gasteiger partial charge on any atom is -0.494 e. The zero-order valence-electron chi connectivity index (χ0n) is 21.0. The van der Waals surface area contributed by atoms with Crippen LogP contribution in [0.25, 0.3) is 0 Å². The molecule has 5 nitrogen and oxygen atoms in total. The van der Waals surface area contributed by atoms with Crippen LogP contribution in [-0.4, -0.2) is 16.6 Å². The average molecular weight is 501 g/mol. The van der Waals surface area contributed by atoms with Crippen LogP contribution in [0.4, 0.5) is 36.3 Å². The molecule has 0 aliphatic rings. The number of aryl methyl sites for hydroxylation is 1. The Kier molecular flexibility index (Phi) is 10.4. The van der Waals surface area contributed by atoms with Crippen LogP contribution in [-0.2, 0) is 12.6 Å². The fourth-order valence-electron chi connectivity index (χ4n) is 3.73. The molecule has 1 aromatic heterocycles. The van der Waals surface area contributed by atoms with Gasteiger partial charge in [-0.25, -0.2) is 4.98 Å². The van der Waals surface area contributed by atoms with Crippen LogP contribution in [0.1, 0.15) is 69.9 Å². The van der Waals surface area contributed by atoms with Gasteiger partial charge in [-0.05, 0) is 49.1 Å². The Balaban J connectivity index is 1.72. The second-order valence-corrected chi connectivity index (χ2v) is 8.79. The van der Waals surface area contributed by atoms with E-state index in [0.717, 1.165) is 38.3 Å². The molecule has 3 aromatic rings. The molecule has 3 rings (SSSR count). The summed E-state index contributed by atoms with van der Waals surface area (Å²) in [5.41, 5.74) is 1.44. The van der Waals surface area contributed by atoms with Gasteiger partial charge in [0.1, 0.15) is 17.1 Å². The number of aromatic nitrogens is 2. The van der Waals surface area contributed by atoms with Gasteiger partial charge in [-0.15, -0.1) is 0 Å². The SMILES string of the molecule is CCCCCCc1ccc(Nc2ncc(C(F)(F)F)c(Nc3cccc(OCCCCC)c3)n2)cc1. The highest BCUT2D eigenvalue weighted by Crippen LogP contribution is 2.35. The van der Waals surface area contributed by atoms with Gasteiger partial charge < -0.3 is 15.4 Å². The monoisotopic (exact) mass is 500 g/mol. The summed E-state index contributed by atoms with van der Waals surface area (Å²) in [6, 6.07) is 14.7. The van der Waals surface area contributed by atoms with E-state index in [-0.39, 0.29) is 11.8 Å². The summed E-state index contributed by atoms with van der Waals surface area (Å²) in [4.78, 5) is 8.05. The van der Waals surface area contributed by atoms with Gasteiger partial charge in [-0.2, -0.15) is 18.2 Å². The van der Waals surface area contributed by atoms with E-state index in [1.807, 2.05) is 24.3 Å². The molecular weight excluding hydrogens is 465 g/mol. The first-order valence-electron chi connectivity index (χ1n) is 12.7. The van der Waals surface area contributed by atoms with Gasteiger partial charge in [0.15, 0.2) is 0 Å². The maximum Gasteiger partial charge on any atom is 0.421 e. The summed E-state index contributed by atoms with van der Waals surface area (Å²) in [6.45, 7) is 4.86. The summed E-state index contributed by atoms with van der Waals surface area (Å²) in [6.07, 6.45) is 5.05. The van der Waals surface area contributed by atoms with Crippen molar-refractivity contribution in [1.82, 2.24) is 9.97 Å². The van der Waals surface area contributed by atoms with Crippen molar-refractivity contribution >= 4 is 23.1 Å². The standard InChI is InChI=1S/C28H35F3N4O/c1-3-5-7-8-11-21-14-16-22(17-15-21)34-27-32-20-25(28(29,30)31)26(35-27)33-23-12-10-13-24(19-23)36-18-9-6-4-2/h10,12-17,19-20H,3-9,11,18H2,1-2H3,(H2,32,33,34,35). The first-order chi connectivity index (χ1) is 17.4. The van der Waals surface area contributed by atoms with Crippen molar-refractivity contribution in [2.45, 2.75) is 71.4 Å². The lowest BCUT2D eigenvalue weighted by atomic mass is 10.1. The maximum atomic E-state index is 13.7. The van der Waals surface area contributed by atoms with Crippen molar-refractivity contribution in [1.29, 1.82) is 0 Å². The Morgan fingerprint density at radius 2 is 1.58 bits per heavy atom. The van der Waals surface area contributed by atoms with E-state index >= 15 is 0 Å². The van der Waals surface area contributed by atoms with Gasteiger partial charge in [0.2, 0.25) is 5.95 Å². The van der Waals surface area contributed by atoms with Gasteiger partial charge >= 0.3 is 6.18 Å². The summed E-state index contributed by atoms with van der Waals surface area (Å²) >= 11 is 0. The first kappa shape index (κ1) is 27.3. The number of hydrogen-bond donors (Lipinski definition) is 2. The lowest BCUT2D eigenvalue weighted by Crippen LogP contribution is -2.12. The Morgan fingerprint density at radius 1 is 0.833 bits per heavy atom. The van der Waals surface area contributed by atoms with Crippen LogP contribution in [0.15, 0.2) is 54.7 Å². The minimum absolute atomic E-state index is 0.0770. The molecular formula is C28H35F3N4O. The topological polar surface area (TPSA) is 59.1 Å². The Hall–Kier alpha value is -3.29. The van der Waals surface area contributed by atoms with E-state index < -0.39 is 11.7 Å². The number of nitrogens with zero attached hydrogens (tertiary/aromatic N) is 2. The number of unbranched alkanes of at least 4 members (excludes halogenated alkanes) is 5. The number of nitrogens with one attached hydrogen (secondary N) is 2. The van der Waals surface area contributed by atoms with Gasteiger partial charge in [-0.1, -0.05) is 64.2 Å². The Morgan fingerprint density at radius 3 is 2.31 bits per heavy atom. The molecule has 0 spiro atoms. The Labute approximate surface area is 211 Å². The van der Waals surface area contributed by atoms with E-state index in [9.17, 15) is 13.2 Å². The molecule has 0 saturated carbocycles. The molecule has 0 unspecified atom stereocenters. The number of anilines is 4. The third-order valence-corrected chi connectivity index (χ3v) is 5.74. The smallest absolute Gasteiger partial charge is 0.421 e. The fourth-order valence-corrected chi connectivity index (χ4v) is 3.73. The molecule has 2 aromatic carbocycles. The van der Waals surface area contributed by atoms with Gasteiger partial charge in [0, 0.05) is 23.6 Å². The lowest BCUT2D eigenvalue weighted by Gasteiger charge is -2.15. The van der Waals surface area contributed by atoms with Crippen molar-refractivity contribution in [3.05, 3.63) is 65.9 Å². The van der Waals surface area contributed by atoms with Crippen molar-refractivity contribution in [2.75, 3.05) is 17.2 Å². The quantitative estimate of drug-likeness (QED) is 0.217. The van der Waals surface area contributed by atoms with Crippen LogP contribution < -0.4 is 15.4 Å². The number of alkyl halides is 3. The summed E-state index contributed by atoms with van der Waals surface area (Å²) in [7, 11) is 0. The summed E-state index contributed by atoms with van der Waals surface area (Å²) in [5, 5.41) is 5.81. The highest BCUT2D eigenvalue weighted by atomic mass is 19.4. The maximum absolute atomic E-state index is 13.7. The number of hydrogen-bond acceptors (Lipinski definition) is 5. The highest BCUT2D eigenvalue weighted by Gasteiger charge is 2.35. The van der Waals surface area contributed by atoms with E-state index in [1.165, 1.54) is 24.8 Å². The predicted molar refractivity (Wildman–Crippen MR) is 139 cm³/mol. The zero-order valence-corrected chi connectivity index (χ0v) is 21.0. The average Bonchev–Trinajstić information content (AvgIpc) is 2.85. The molecule has 0 radical (unpaired) electrons. The second-order valence-electron chi connectivity index (χ2n) is 8.79. The molecule has 1 heterocycles. The molecule has 0 aliphatic carbocycles. The highest BCUT2D eigenvalue weighted by molar-refractivity contribution is 5.64. The molecule has 0 fully saturated rings. The summed E-state index contributed by atoms with van der Waals surface area (Å²) in [5.74, 6) is 0.343. The summed E-state index contributed by atoms with van der Waals surface area (Å²) < 4.78 is 46.7. The third-order valence-electron chi connectivity index (χ3n) is 5.74. The van der Waals surface area contributed by atoms with Crippen molar-refractivity contribution in [3.8, 4) is 5.75 Å². The van der Waals surface area contributed by atoms with Crippen LogP contribution in [0.2, 0.25) is 0 Å². The Bertz CT molecular complexity index is 1070. The van der Waals surface area contributed by atoms with E-state index in [2.05, 4.69) is 34.4 Å². The van der Waals surface area contributed by atoms with Gasteiger partial charge in [0.25, 0.3) is 0 Å². The first-order valence-corrected chi connectivity index (χ1v) is 12.7. The largest absolute Gasteiger partial charge is 0.494 e. The number of halogens is 3. The van der Waals surface area contributed by atoms with Crippen molar-refractivity contribution in [2.24, 2.45) is 0 Å². The molecule has 0 saturated heterocycles. The van der Waals surface area contributed by atoms with Crippen LogP contribution in [0, 0.1) is 0 Å². The van der Waals surface area contributed by atoms with E-state index in [4.69, 9.17) is 4.74 Å². The van der Waals surface area contributed by atoms with E-state index in [0.29, 0.717) is 23.7 Å². The van der Waals surface area contributed by atoms with Crippen LogP contribution in [0.3, 0.4) is 0 Å². The van der Waals surface area contributed by atoms with Crippen LogP contribution >= 0.6 is 0 Å². The third kappa shape index (κ3) is 8.73. The van der Waals surface area contributed by atoms with E-state index in [1.54, 1.807) is 24.3 Å². The van der Waals surface area contributed by atoms with Gasteiger partial charge in [-0.3, -0.25) is 0 Å². The predicted octanol–water partition coefficient (Wildman–Crippen LogP) is 8.67. The fraction of sp³-hybridized carbons (Fsp3) is 0.429. The van der Waals surface area contributed by atoms with Gasteiger partial charge in [0.05, 0.1) is 6.61 Å². The second kappa shape index (κ2) is 13.7. The molecule has 0 atom stereocenters. The minimum atomic E-state index is -4.60. The lowest BCUT2D eigenvalue weighted by molar-refractivity contribution is -0.137. The number of ether oxygens (including phenoxy) is 1. The van der Waals surface area contributed by atoms with Crippen LogP contribution in [0.5, 0.6) is 5.75 Å². The molecule has 8 heteroatoms. The molecule has 0 aliphatic heterocycles.